The second-order valence-electron chi connectivity index (χ2n) is 6.22. The van der Waals surface area contributed by atoms with Gasteiger partial charge in [0.25, 0.3) is 11.9 Å². The fraction of sp³-hybridized carbons (Fsp3) is 0.562. The molecule has 3 heterocycles. The summed E-state index contributed by atoms with van der Waals surface area (Å²) in [5, 5.41) is 4.14. The molecule has 2 fully saturated rings. The lowest BCUT2D eigenvalue weighted by Gasteiger charge is -2.19. The van der Waals surface area contributed by atoms with Gasteiger partial charge in [-0.3, -0.25) is 9.59 Å². The molecule has 2 aliphatic rings. The summed E-state index contributed by atoms with van der Waals surface area (Å²) in [7, 11) is 0. The predicted molar refractivity (Wildman–Crippen MR) is 89.7 cm³/mol. The van der Waals surface area contributed by atoms with Crippen molar-refractivity contribution in [3.8, 4) is 0 Å². The number of imide groups is 1. The van der Waals surface area contributed by atoms with E-state index in [4.69, 9.17) is 0 Å². The van der Waals surface area contributed by atoms with E-state index in [1.807, 2.05) is 4.90 Å². The van der Waals surface area contributed by atoms with E-state index >= 15 is 0 Å². The normalized spacial score (nSPS) is 18.6. The van der Waals surface area contributed by atoms with Gasteiger partial charge in [0.1, 0.15) is 19.4 Å². The van der Waals surface area contributed by atoms with Gasteiger partial charge in [-0.05, 0) is 12.8 Å². The van der Waals surface area contributed by atoms with E-state index in [1.54, 1.807) is 6.08 Å². The van der Waals surface area contributed by atoms with Crippen LogP contribution in [-0.2, 0) is 16.1 Å². The Bertz CT molecular complexity index is 677. The van der Waals surface area contributed by atoms with Crippen molar-refractivity contribution in [2.24, 2.45) is 0 Å². The van der Waals surface area contributed by atoms with Crippen LogP contribution in [0.2, 0.25) is 0 Å². The maximum Gasteiger partial charge on any atom is 0.334 e. The summed E-state index contributed by atoms with van der Waals surface area (Å²) < 4.78 is 1.37. The molecule has 134 valence electrons. The second kappa shape index (κ2) is 7.45. The van der Waals surface area contributed by atoms with E-state index in [0.717, 1.165) is 43.7 Å². The van der Waals surface area contributed by atoms with Crippen LogP contribution in [0.25, 0.3) is 0 Å². The van der Waals surface area contributed by atoms with Crippen LogP contribution in [0.5, 0.6) is 0 Å². The highest BCUT2D eigenvalue weighted by atomic mass is 16.2. The molecule has 1 aromatic heterocycles. The lowest BCUT2D eigenvalue weighted by atomic mass is 10.2. The fourth-order valence-electron chi connectivity index (χ4n) is 3.07. The number of likely N-dealkylation sites (tertiary alicyclic amines) is 1. The Hall–Kier alpha value is -2.71. The molecule has 3 rings (SSSR count). The van der Waals surface area contributed by atoms with Gasteiger partial charge in [0, 0.05) is 19.6 Å². The van der Waals surface area contributed by atoms with Crippen molar-refractivity contribution in [3.05, 3.63) is 19.0 Å². The van der Waals surface area contributed by atoms with Gasteiger partial charge in [0.2, 0.25) is 5.91 Å². The molecular formula is C16H22N6O3. The quantitative estimate of drug-likeness (QED) is 0.576. The van der Waals surface area contributed by atoms with Crippen LogP contribution in [0.15, 0.2) is 19.0 Å². The summed E-state index contributed by atoms with van der Waals surface area (Å²) in [5.74, 6) is -0.403. The number of urea groups is 1. The Morgan fingerprint density at radius 1 is 1.20 bits per heavy atom. The average molecular weight is 346 g/mol. The maximum absolute atomic E-state index is 12.4. The van der Waals surface area contributed by atoms with Crippen LogP contribution in [-0.4, -0.2) is 68.6 Å². The molecular weight excluding hydrogens is 324 g/mol. The molecule has 0 unspecified atom stereocenters. The first-order chi connectivity index (χ1) is 12.1. The predicted octanol–water partition coefficient (Wildman–Crippen LogP) is 0.635. The van der Waals surface area contributed by atoms with Gasteiger partial charge in [-0.25, -0.2) is 9.48 Å². The number of hydrogen-bond acceptors (Lipinski definition) is 5. The van der Waals surface area contributed by atoms with Crippen LogP contribution in [0.4, 0.5) is 10.7 Å². The molecule has 0 spiro atoms. The monoisotopic (exact) mass is 346 g/mol. The number of nitrogens with zero attached hydrogens (tertiary/aromatic N) is 6. The second-order valence-corrected chi connectivity index (χ2v) is 6.22. The first-order valence-electron chi connectivity index (χ1n) is 8.50. The Labute approximate surface area is 145 Å². The standard InChI is InChI=1S/C16H22N6O3/c1-2-7-20-10-14(24)22(16(20)25)15-17-12-21(18-15)11-13(23)19-8-5-3-4-6-9-19/h2,12H,1,3-11H2. The fourth-order valence-corrected chi connectivity index (χ4v) is 3.07. The molecule has 4 amide bonds. The minimum atomic E-state index is -0.471. The van der Waals surface area contributed by atoms with Crippen LogP contribution < -0.4 is 4.90 Å². The summed E-state index contributed by atoms with van der Waals surface area (Å²) in [6.45, 7) is 5.42. The van der Waals surface area contributed by atoms with Crippen molar-refractivity contribution >= 4 is 23.8 Å². The van der Waals surface area contributed by atoms with Gasteiger partial charge < -0.3 is 9.80 Å². The first kappa shape index (κ1) is 17.1. The number of amides is 4. The van der Waals surface area contributed by atoms with E-state index in [2.05, 4.69) is 16.7 Å². The van der Waals surface area contributed by atoms with E-state index < -0.39 is 6.03 Å². The first-order valence-corrected chi connectivity index (χ1v) is 8.50. The van der Waals surface area contributed by atoms with Gasteiger partial charge in [0.15, 0.2) is 0 Å². The van der Waals surface area contributed by atoms with Gasteiger partial charge in [0.05, 0.1) is 0 Å². The van der Waals surface area contributed by atoms with Crippen molar-refractivity contribution in [1.82, 2.24) is 24.6 Å². The van der Waals surface area contributed by atoms with Gasteiger partial charge in [-0.15, -0.1) is 11.7 Å². The number of carbonyl (C=O) groups excluding carboxylic acids is 3. The van der Waals surface area contributed by atoms with Crippen molar-refractivity contribution in [3.63, 3.8) is 0 Å². The Morgan fingerprint density at radius 2 is 1.92 bits per heavy atom. The molecule has 9 nitrogen and oxygen atoms in total. The number of anilines is 1. The summed E-state index contributed by atoms with van der Waals surface area (Å²) >= 11 is 0. The number of aromatic nitrogens is 3. The lowest BCUT2D eigenvalue weighted by Crippen LogP contribution is -2.35. The number of carbonyl (C=O) groups is 3. The largest absolute Gasteiger partial charge is 0.341 e. The molecule has 25 heavy (non-hydrogen) atoms. The molecule has 2 aliphatic heterocycles. The molecule has 0 saturated carbocycles. The highest BCUT2D eigenvalue weighted by molar-refractivity contribution is 6.18. The number of hydrogen-bond donors (Lipinski definition) is 0. The molecule has 0 N–H and O–H groups in total. The average Bonchev–Trinajstić information content (AvgIpc) is 3.01. The molecule has 0 bridgehead atoms. The van der Waals surface area contributed by atoms with E-state index in [1.165, 1.54) is 15.9 Å². The van der Waals surface area contributed by atoms with E-state index in [9.17, 15) is 14.4 Å². The minimum absolute atomic E-state index is 0.00484. The highest BCUT2D eigenvalue weighted by Gasteiger charge is 2.38. The zero-order chi connectivity index (χ0) is 17.8. The van der Waals surface area contributed by atoms with Crippen LogP contribution in [0.1, 0.15) is 25.7 Å². The van der Waals surface area contributed by atoms with Gasteiger partial charge >= 0.3 is 6.03 Å². The lowest BCUT2D eigenvalue weighted by molar-refractivity contribution is -0.132. The third-order valence-electron chi connectivity index (χ3n) is 4.37. The number of rotatable bonds is 5. The van der Waals surface area contributed by atoms with E-state index in [0.29, 0.717) is 0 Å². The summed E-state index contributed by atoms with van der Waals surface area (Å²) in [6, 6.07) is -0.471. The maximum atomic E-state index is 12.4. The summed E-state index contributed by atoms with van der Waals surface area (Å²) in [5.41, 5.74) is 0. The summed E-state index contributed by atoms with van der Waals surface area (Å²) in [6.07, 6.45) is 7.27. The Balaban J connectivity index is 1.66. The zero-order valence-electron chi connectivity index (χ0n) is 14.1. The molecule has 0 atom stereocenters. The highest BCUT2D eigenvalue weighted by Crippen LogP contribution is 2.17. The topological polar surface area (TPSA) is 91.6 Å². The molecule has 0 aromatic carbocycles. The molecule has 2 saturated heterocycles. The van der Waals surface area contributed by atoms with E-state index in [-0.39, 0.29) is 37.4 Å². The van der Waals surface area contributed by atoms with Crippen molar-refractivity contribution in [1.29, 1.82) is 0 Å². The molecule has 9 heteroatoms. The molecule has 0 aliphatic carbocycles. The summed E-state index contributed by atoms with van der Waals surface area (Å²) in [4.78, 5) is 44.8. The van der Waals surface area contributed by atoms with Crippen molar-refractivity contribution in [2.45, 2.75) is 32.2 Å². The van der Waals surface area contributed by atoms with Gasteiger partial charge in [-0.2, -0.15) is 9.88 Å². The van der Waals surface area contributed by atoms with Crippen LogP contribution in [0, 0.1) is 0 Å². The Morgan fingerprint density at radius 3 is 2.60 bits per heavy atom. The van der Waals surface area contributed by atoms with Crippen LogP contribution in [0.3, 0.4) is 0 Å². The Kier molecular flexibility index (Phi) is 5.11. The van der Waals surface area contributed by atoms with Crippen molar-refractivity contribution in [2.75, 3.05) is 31.1 Å². The third kappa shape index (κ3) is 3.70. The van der Waals surface area contributed by atoms with Gasteiger partial charge in [-0.1, -0.05) is 18.9 Å². The smallest absolute Gasteiger partial charge is 0.334 e. The van der Waals surface area contributed by atoms with Crippen molar-refractivity contribution < 1.29 is 14.4 Å². The SMILES string of the molecule is C=CCN1CC(=O)N(c2ncn(CC(=O)N3CCCCCC3)n2)C1=O. The third-order valence-corrected chi connectivity index (χ3v) is 4.37. The molecule has 1 aromatic rings. The minimum Gasteiger partial charge on any atom is -0.341 e. The zero-order valence-corrected chi connectivity index (χ0v) is 14.1. The molecule has 0 radical (unpaired) electrons. The van der Waals surface area contributed by atoms with Crippen LogP contribution >= 0.6 is 0 Å².